The van der Waals surface area contributed by atoms with E-state index in [9.17, 15) is 4.79 Å². The number of anilines is 2. The lowest BCUT2D eigenvalue weighted by atomic mass is 10.1. The van der Waals surface area contributed by atoms with Crippen molar-refractivity contribution in [1.82, 2.24) is 19.4 Å². The third-order valence-electron chi connectivity index (χ3n) is 6.15. The number of ether oxygens (including phenoxy) is 2. The van der Waals surface area contributed by atoms with Crippen molar-refractivity contribution in [2.75, 3.05) is 50.1 Å². The van der Waals surface area contributed by atoms with E-state index in [1.807, 2.05) is 36.5 Å². The second-order valence-corrected chi connectivity index (χ2v) is 9.80. The molecule has 4 heterocycles. The first kappa shape index (κ1) is 23.5. The van der Waals surface area contributed by atoms with E-state index >= 15 is 0 Å². The minimum absolute atomic E-state index is 0.364. The molecule has 2 N–H and O–H groups in total. The molecule has 1 aliphatic rings. The number of nitrogens with zero attached hydrogens (tertiary/aromatic N) is 4. The van der Waals surface area contributed by atoms with Crippen LogP contribution < -0.4 is 15.4 Å². The van der Waals surface area contributed by atoms with Crippen LogP contribution in [0.4, 0.5) is 16.3 Å². The monoisotopic (exact) mass is 518 g/mol. The van der Waals surface area contributed by atoms with E-state index in [2.05, 4.69) is 37.2 Å². The lowest BCUT2D eigenvalue weighted by Crippen LogP contribution is -2.38. The van der Waals surface area contributed by atoms with Gasteiger partial charge >= 0.3 is 6.03 Å². The molecule has 2 amide bonds. The number of amides is 2. The van der Waals surface area contributed by atoms with E-state index in [1.54, 1.807) is 24.3 Å². The first-order valence-corrected chi connectivity index (χ1v) is 12.9. The Morgan fingerprint density at radius 2 is 1.95 bits per heavy atom. The summed E-state index contributed by atoms with van der Waals surface area (Å²) in [4.78, 5) is 20.3. The van der Waals surface area contributed by atoms with Gasteiger partial charge in [0, 0.05) is 43.1 Å². The summed E-state index contributed by atoms with van der Waals surface area (Å²) in [6.07, 6.45) is 2.04. The molecule has 6 rings (SSSR count). The van der Waals surface area contributed by atoms with E-state index in [0.29, 0.717) is 23.9 Å². The van der Waals surface area contributed by atoms with Crippen LogP contribution in [0.1, 0.15) is 5.76 Å². The van der Waals surface area contributed by atoms with Crippen molar-refractivity contribution < 1.29 is 18.8 Å². The van der Waals surface area contributed by atoms with Gasteiger partial charge in [0.2, 0.25) is 0 Å². The molecule has 3 aromatic heterocycles. The maximum absolute atomic E-state index is 12.2. The second-order valence-electron chi connectivity index (χ2n) is 8.79. The molecular formula is C26H26N6O4S. The van der Waals surface area contributed by atoms with Crippen molar-refractivity contribution in [3.63, 3.8) is 0 Å². The number of hydrogen-bond donors (Lipinski definition) is 2. The summed E-state index contributed by atoms with van der Waals surface area (Å²) in [5.74, 6) is 1.86. The summed E-state index contributed by atoms with van der Waals surface area (Å²) >= 11 is 1.63. The van der Waals surface area contributed by atoms with Gasteiger partial charge in [-0.3, -0.25) is 14.6 Å². The SMILES string of the molecule is Cc1cc(NC(=O)Nc2ccc(-c3cn4c(n3)sc3cc(OCCN5CCOCC5)ccc34)cc2)no1. The quantitative estimate of drug-likeness (QED) is 0.317. The Hall–Kier alpha value is -3.93. The van der Waals surface area contributed by atoms with Crippen molar-refractivity contribution in [1.29, 1.82) is 0 Å². The molecule has 0 aliphatic carbocycles. The molecule has 1 fully saturated rings. The number of carbonyl (C=O) groups is 1. The number of benzene rings is 2. The van der Waals surface area contributed by atoms with Gasteiger partial charge in [-0.15, -0.1) is 0 Å². The lowest BCUT2D eigenvalue weighted by Gasteiger charge is -2.26. The molecule has 0 unspecified atom stereocenters. The highest BCUT2D eigenvalue weighted by Crippen LogP contribution is 2.32. The topological polar surface area (TPSA) is 106 Å². The van der Waals surface area contributed by atoms with Crippen molar-refractivity contribution in [3.05, 3.63) is 60.5 Å². The molecular weight excluding hydrogens is 492 g/mol. The molecule has 10 nitrogen and oxygen atoms in total. The van der Waals surface area contributed by atoms with E-state index < -0.39 is 0 Å². The first-order chi connectivity index (χ1) is 18.1. The average molecular weight is 519 g/mol. The van der Waals surface area contributed by atoms with Crippen LogP contribution in [0.5, 0.6) is 5.75 Å². The van der Waals surface area contributed by atoms with Crippen LogP contribution >= 0.6 is 11.3 Å². The molecule has 5 aromatic rings. The fourth-order valence-electron chi connectivity index (χ4n) is 4.26. The minimum Gasteiger partial charge on any atom is -0.492 e. The van der Waals surface area contributed by atoms with Gasteiger partial charge in [0.25, 0.3) is 0 Å². The summed E-state index contributed by atoms with van der Waals surface area (Å²) in [7, 11) is 0. The van der Waals surface area contributed by atoms with Crippen molar-refractivity contribution in [3.8, 4) is 17.0 Å². The molecule has 37 heavy (non-hydrogen) atoms. The standard InChI is InChI=1S/C26H26N6O4S/c1-17-14-24(30-36-17)29-25(33)27-19-4-2-18(3-5-19)21-16-32-22-7-6-20(15-23(22)37-26(32)28-21)35-13-10-31-8-11-34-12-9-31/h2-7,14-16H,8-13H2,1H3,(H2,27,29,30,33). The van der Waals surface area contributed by atoms with E-state index in [1.165, 1.54) is 0 Å². The molecule has 1 aliphatic heterocycles. The highest BCUT2D eigenvalue weighted by molar-refractivity contribution is 7.23. The van der Waals surface area contributed by atoms with Gasteiger partial charge in [0.05, 0.1) is 29.1 Å². The number of aromatic nitrogens is 3. The number of urea groups is 1. The van der Waals surface area contributed by atoms with Crippen molar-refractivity contribution in [2.45, 2.75) is 6.92 Å². The fourth-order valence-corrected chi connectivity index (χ4v) is 5.29. The lowest BCUT2D eigenvalue weighted by molar-refractivity contribution is 0.0322. The van der Waals surface area contributed by atoms with Crippen LogP contribution in [-0.4, -0.2) is 64.9 Å². The summed E-state index contributed by atoms with van der Waals surface area (Å²) < 4.78 is 19.6. The van der Waals surface area contributed by atoms with E-state index in [-0.39, 0.29) is 6.03 Å². The molecule has 2 aromatic carbocycles. The molecule has 0 radical (unpaired) electrons. The highest BCUT2D eigenvalue weighted by atomic mass is 32.1. The molecule has 0 atom stereocenters. The Morgan fingerprint density at radius 1 is 1.11 bits per heavy atom. The van der Waals surface area contributed by atoms with Gasteiger partial charge in [0.1, 0.15) is 18.1 Å². The van der Waals surface area contributed by atoms with E-state index in [0.717, 1.165) is 65.0 Å². The Morgan fingerprint density at radius 3 is 2.73 bits per heavy atom. The normalized spacial score (nSPS) is 14.3. The van der Waals surface area contributed by atoms with Gasteiger partial charge in [-0.05, 0) is 37.3 Å². The van der Waals surface area contributed by atoms with Gasteiger partial charge < -0.3 is 19.3 Å². The fraction of sp³-hybridized carbons (Fsp3) is 0.269. The highest BCUT2D eigenvalue weighted by Gasteiger charge is 2.13. The number of thiazole rings is 1. The average Bonchev–Trinajstić information content (AvgIpc) is 3.59. The molecule has 0 bridgehead atoms. The Bertz CT molecular complexity index is 1530. The summed E-state index contributed by atoms with van der Waals surface area (Å²) in [6, 6.07) is 15.0. The number of hydrogen-bond acceptors (Lipinski definition) is 8. The molecule has 190 valence electrons. The number of imidazole rings is 1. The van der Waals surface area contributed by atoms with Gasteiger partial charge in [0.15, 0.2) is 10.8 Å². The molecule has 11 heteroatoms. The molecule has 0 spiro atoms. The van der Waals surface area contributed by atoms with Gasteiger partial charge in [-0.25, -0.2) is 9.78 Å². The summed E-state index contributed by atoms with van der Waals surface area (Å²) in [5, 5.41) is 9.18. The Labute approximate surface area is 216 Å². The van der Waals surface area contributed by atoms with Crippen LogP contribution in [-0.2, 0) is 4.74 Å². The zero-order valence-corrected chi connectivity index (χ0v) is 21.1. The number of aryl methyl sites for hydroxylation is 1. The Kier molecular flexibility index (Phi) is 6.47. The number of fused-ring (bicyclic) bond motifs is 3. The number of nitrogens with one attached hydrogen (secondary N) is 2. The predicted octanol–water partition coefficient (Wildman–Crippen LogP) is 4.87. The number of rotatable bonds is 7. The molecule has 0 saturated carbocycles. The number of morpholine rings is 1. The zero-order chi connectivity index (χ0) is 25.2. The largest absolute Gasteiger partial charge is 0.492 e. The van der Waals surface area contributed by atoms with Crippen LogP contribution in [0, 0.1) is 6.92 Å². The maximum Gasteiger partial charge on any atom is 0.324 e. The first-order valence-electron chi connectivity index (χ1n) is 12.1. The Balaban J connectivity index is 1.10. The second kappa shape index (κ2) is 10.2. The van der Waals surface area contributed by atoms with Crippen LogP contribution in [0.25, 0.3) is 26.4 Å². The van der Waals surface area contributed by atoms with Crippen LogP contribution in [0.15, 0.2) is 59.3 Å². The predicted molar refractivity (Wildman–Crippen MR) is 143 cm³/mol. The maximum atomic E-state index is 12.2. The third kappa shape index (κ3) is 5.29. The minimum atomic E-state index is -0.389. The summed E-state index contributed by atoms with van der Waals surface area (Å²) in [6.45, 7) is 6.84. The van der Waals surface area contributed by atoms with Crippen LogP contribution in [0.3, 0.4) is 0 Å². The zero-order valence-electron chi connectivity index (χ0n) is 20.3. The number of carbonyl (C=O) groups excluding carboxylic acids is 1. The van der Waals surface area contributed by atoms with Crippen LogP contribution in [0.2, 0.25) is 0 Å². The third-order valence-corrected chi connectivity index (χ3v) is 7.17. The molecule has 1 saturated heterocycles. The van der Waals surface area contributed by atoms with Crippen molar-refractivity contribution in [2.24, 2.45) is 0 Å². The smallest absolute Gasteiger partial charge is 0.324 e. The van der Waals surface area contributed by atoms with Gasteiger partial charge in [-0.1, -0.05) is 28.6 Å². The van der Waals surface area contributed by atoms with Crippen molar-refractivity contribution >= 4 is 44.1 Å². The van der Waals surface area contributed by atoms with E-state index in [4.69, 9.17) is 19.0 Å². The summed E-state index contributed by atoms with van der Waals surface area (Å²) in [5.41, 5.74) is 3.59. The van der Waals surface area contributed by atoms with Gasteiger partial charge in [-0.2, -0.15) is 0 Å².